The second kappa shape index (κ2) is 11.2. The number of pyridine rings is 1. The van der Waals surface area contributed by atoms with Gasteiger partial charge in [0.1, 0.15) is 22.6 Å². The largest absolute Gasteiger partial charge is 0.494 e. The Bertz CT molecular complexity index is 1900. The van der Waals surface area contributed by atoms with Gasteiger partial charge in [0.2, 0.25) is 5.91 Å². The van der Waals surface area contributed by atoms with Gasteiger partial charge in [0, 0.05) is 43.0 Å². The number of hydrogen-bond donors (Lipinski definition) is 2. The Balaban J connectivity index is 1.34. The molecule has 1 aliphatic carbocycles. The maximum Gasteiger partial charge on any atom is 0.265 e. The van der Waals surface area contributed by atoms with Crippen molar-refractivity contribution in [1.82, 2.24) is 29.3 Å². The van der Waals surface area contributed by atoms with Crippen LogP contribution in [-0.2, 0) is 18.4 Å². The Morgan fingerprint density at radius 3 is 2.66 bits per heavy atom. The molecule has 0 unspecified atom stereocenters. The molecule has 1 saturated carbocycles. The maximum atomic E-state index is 15.7. The lowest BCUT2D eigenvalue weighted by Gasteiger charge is -2.37. The molecule has 2 amide bonds. The normalized spacial score (nSPS) is 27.8. The zero-order valence-electron chi connectivity index (χ0n) is 27.0. The molecule has 13 heteroatoms. The van der Waals surface area contributed by atoms with Crippen LogP contribution in [-0.4, -0.2) is 73.1 Å². The topological polar surface area (TPSA) is 120 Å². The smallest absolute Gasteiger partial charge is 0.265 e. The molecule has 2 aliphatic heterocycles. The van der Waals surface area contributed by atoms with Crippen LogP contribution in [0.25, 0.3) is 33.6 Å². The molecule has 5 heterocycles. The van der Waals surface area contributed by atoms with E-state index in [1.807, 2.05) is 6.92 Å². The predicted octanol–water partition coefficient (Wildman–Crippen LogP) is 5.28. The monoisotopic (exact) mass is 651 g/mol. The van der Waals surface area contributed by atoms with Crippen molar-refractivity contribution in [1.29, 1.82) is 0 Å². The van der Waals surface area contributed by atoms with Crippen LogP contribution in [0.1, 0.15) is 74.5 Å². The summed E-state index contributed by atoms with van der Waals surface area (Å²) in [5.74, 6) is -3.81. The number of imidazole rings is 1. The maximum absolute atomic E-state index is 15.7. The number of alkyl halides is 3. The minimum atomic E-state index is -3.19. The van der Waals surface area contributed by atoms with E-state index in [9.17, 15) is 9.59 Å². The molecule has 0 spiro atoms. The van der Waals surface area contributed by atoms with Crippen LogP contribution in [0, 0.1) is 5.92 Å². The molecular formula is C34H40F3N7O3. The lowest BCUT2D eigenvalue weighted by atomic mass is 9.97. The number of hydrogen-bond acceptors (Lipinski definition) is 6. The van der Waals surface area contributed by atoms with E-state index >= 15 is 13.2 Å². The van der Waals surface area contributed by atoms with Crippen molar-refractivity contribution in [3.8, 4) is 17.3 Å². The summed E-state index contributed by atoms with van der Waals surface area (Å²) in [4.78, 5) is 37.9. The zero-order chi connectivity index (χ0) is 33.4. The standard InChI is InChI=1S/C34H40F3N7O3/c1-18-24-9-8-20-14-26(44(29(20)40-24)17-34(36,37)11-6-10-33(35)16-22(33)31(45)39-18)30-41-25-13-21(15-27(47-4)28(25)42(30)3)32(46)43-12-5-7-23(38)19(43)2/h8-9,13-15,18-19,22-23H,5-7,10-12,16-17,38H2,1-4H3,(H,39,45)/t18-,19-,22+,23-,33+/m1/s1. The van der Waals surface area contributed by atoms with E-state index in [2.05, 4.69) is 5.32 Å². The van der Waals surface area contributed by atoms with Gasteiger partial charge in [0.25, 0.3) is 11.8 Å². The quantitative estimate of drug-likeness (QED) is 0.311. The van der Waals surface area contributed by atoms with E-state index in [0.29, 0.717) is 57.1 Å². The summed E-state index contributed by atoms with van der Waals surface area (Å²) in [5.41, 5.74) is 7.20. The van der Waals surface area contributed by atoms with Crippen LogP contribution in [0.3, 0.4) is 0 Å². The predicted molar refractivity (Wildman–Crippen MR) is 171 cm³/mol. The first-order valence-electron chi connectivity index (χ1n) is 16.3. The Kier molecular flexibility index (Phi) is 7.53. The SMILES string of the molecule is COc1cc(C(=O)N2CCC[C@@H](N)[C@H]2C)cc2nc(-c3cc4ccc5nc4n3CC(F)(F)CCC[C@]3(F)C[C@H]3C(=O)N[C@@H]5C)n(C)c12. The van der Waals surface area contributed by atoms with E-state index in [4.69, 9.17) is 20.4 Å². The van der Waals surface area contributed by atoms with Crippen molar-refractivity contribution in [2.45, 2.75) is 88.6 Å². The molecule has 0 radical (unpaired) electrons. The number of nitrogens with two attached hydrogens (primary N) is 1. The van der Waals surface area contributed by atoms with Gasteiger partial charge in [-0.15, -0.1) is 0 Å². The number of likely N-dealkylation sites (tertiary alicyclic amines) is 1. The van der Waals surface area contributed by atoms with Crippen LogP contribution in [0.2, 0.25) is 0 Å². The van der Waals surface area contributed by atoms with Crippen LogP contribution >= 0.6 is 0 Å². The highest BCUT2D eigenvalue weighted by molar-refractivity contribution is 6.00. The number of methoxy groups -OCH3 is 1. The lowest BCUT2D eigenvalue weighted by Crippen LogP contribution is -2.52. The summed E-state index contributed by atoms with van der Waals surface area (Å²) in [6, 6.07) is 7.89. The lowest BCUT2D eigenvalue weighted by molar-refractivity contribution is -0.124. The second-order valence-corrected chi connectivity index (χ2v) is 13.6. The summed E-state index contributed by atoms with van der Waals surface area (Å²) < 4.78 is 55.6. The number of amides is 2. The third-order valence-corrected chi connectivity index (χ3v) is 10.4. The van der Waals surface area contributed by atoms with Crippen LogP contribution in [0.5, 0.6) is 5.75 Å². The van der Waals surface area contributed by atoms with Gasteiger partial charge in [-0.1, -0.05) is 0 Å². The molecule has 10 nitrogen and oxygen atoms in total. The number of rotatable bonds is 3. The van der Waals surface area contributed by atoms with E-state index in [0.717, 1.165) is 12.8 Å². The highest BCUT2D eigenvalue weighted by atomic mass is 19.3. The number of fused-ring (bicyclic) bond motifs is 3. The number of aromatic nitrogens is 4. The molecule has 3 N–H and O–H groups in total. The summed E-state index contributed by atoms with van der Waals surface area (Å²) in [6.07, 6.45) is 1.02. The van der Waals surface area contributed by atoms with Crippen LogP contribution in [0.4, 0.5) is 13.2 Å². The first kappa shape index (κ1) is 31.5. The molecule has 1 aromatic carbocycles. The van der Waals surface area contributed by atoms with Gasteiger partial charge in [-0.25, -0.2) is 23.1 Å². The van der Waals surface area contributed by atoms with E-state index in [1.54, 1.807) is 53.8 Å². The highest BCUT2D eigenvalue weighted by Gasteiger charge is 2.59. The third-order valence-electron chi connectivity index (χ3n) is 10.4. The average Bonchev–Trinajstić information content (AvgIpc) is 3.42. The summed E-state index contributed by atoms with van der Waals surface area (Å²) in [6.45, 7) is 3.60. The van der Waals surface area contributed by atoms with E-state index in [1.165, 1.54) is 11.7 Å². The van der Waals surface area contributed by atoms with Gasteiger partial charge in [0.05, 0.1) is 42.5 Å². The summed E-state index contributed by atoms with van der Waals surface area (Å²) in [7, 11) is 3.29. The molecule has 4 aromatic rings. The Hall–Kier alpha value is -4.13. The second-order valence-electron chi connectivity index (χ2n) is 13.6. The molecule has 5 atom stereocenters. The van der Waals surface area contributed by atoms with Gasteiger partial charge in [-0.3, -0.25) is 9.59 Å². The fourth-order valence-electron chi connectivity index (χ4n) is 7.40. The number of benzene rings is 1. The summed E-state index contributed by atoms with van der Waals surface area (Å²) in [5, 5.41) is 3.49. The minimum Gasteiger partial charge on any atom is -0.494 e. The van der Waals surface area contributed by atoms with Crippen molar-refractivity contribution in [2.75, 3.05) is 13.7 Å². The number of nitrogens with one attached hydrogen (secondary N) is 1. The Morgan fingerprint density at radius 1 is 1.11 bits per heavy atom. The zero-order valence-corrected chi connectivity index (χ0v) is 27.0. The highest BCUT2D eigenvalue weighted by Crippen LogP contribution is 2.52. The minimum absolute atomic E-state index is 0.0435. The van der Waals surface area contributed by atoms with Gasteiger partial charge in [-0.2, -0.15) is 0 Å². The van der Waals surface area contributed by atoms with Gasteiger partial charge in [0.15, 0.2) is 5.82 Å². The number of piperidine rings is 1. The molecule has 2 bridgehead atoms. The number of nitrogens with zero attached hydrogens (tertiary/aromatic N) is 5. The Labute approximate surface area is 270 Å². The first-order chi connectivity index (χ1) is 22.3. The van der Waals surface area contributed by atoms with Crippen molar-refractivity contribution in [3.05, 3.63) is 41.6 Å². The molecular weight excluding hydrogens is 611 g/mol. The third kappa shape index (κ3) is 5.41. The fraction of sp³-hybridized carbons (Fsp3) is 0.529. The number of aryl methyl sites for hydroxylation is 1. The molecule has 3 aliphatic rings. The molecule has 1 saturated heterocycles. The van der Waals surface area contributed by atoms with E-state index in [-0.39, 0.29) is 37.3 Å². The van der Waals surface area contributed by atoms with Crippen LogP contribution in [0.15, 0.2) is 30.3 Å². The number of carbonyl (C=O) groups excluding carboxylic acids is 2. The van der Waals surface area contributed by atoms with Crippen molar-refractivity contribution >= 4 is 33.9 Å². The van der Waals surface area contributed by atoms with E-state index < -0.39 is 42.4 Å². The van der Waals surface area contributed by atoms with Crippen LogP contribution < -0.4 is 15.8 Å². The summed E-state index contributed by atoms with van der Waals surface area (Å²) >= 11 is 0. The molecule has 47 heavy (non-hydrogen) atoms. The average molecular weight is 652 g/mol. The molecule has 7 rings (SSSR count). The number of ether oxygens (including phenoxy) is 1. The van der Waals surface area contributed by atoms with Crippen molar-refractivity contribution in [2.24, 2.45) is 18.7 Å². The molecule has 3 aromatic heterocycles. The number of halogens is 3. The first-order valence-corrected chi connectivity index (χ1v) is 16.3. The Morgan fingerprint density at radius 2 is 1.89 bits per heavy atom. The number of carbonyl (C=O) groups is 2. The van der Waals surface area contributed by atoms with Gasteiger partial charge >= 0.3 is 0 Å². The molecule has 250 valence electrons. The molecule has 2 fully saturated rings. The van der Waals surface area contributed by atoms with Gasteiger partial charge < -0.3 is 29.8 Å². The van der Waals surface area contributed by atoms with Crippen molar-refractivity contribution < 1.29 is 27.5 Å². The van der Waals surface area contributed by atoms with Gasteiger partial charge in [-0.05, 0) is 76.3 Å². The fourth-order valence-corrected chi connectivity index (χ4v) is 7.40. The van der Waals surface area contributed by atoms with Crippen molar-refractivity contribution in [3.63, 3.8) is 0 Å².